The van der Waals surface area contributed by atoms with E-state index in [0.717, 1.165) is 56.8 Å². The van der Waals surface area contributed by atoms with Gasteiger partial charge >= 0.3 is 0 Å². The lowest BCUT2D eigenvalue weighted by atomic mass is 9.91. The summed E-state index contributed by atoms with van der Waals surface area (Å²) in [6.45, 7) is 5.75. The number of carbonyl (C=O) groups is 1. The summed E-state index contributed by atoms with van der Waals surface area (Å²) in [5.74, 6) is 0.448. The minimum atomic E-state index is -0.273. The third-order valence-corrected chi connectivity index (χ3v) is 9.08. The monoisotopic (exact) mass is 571 g/mol. The Hall–Kier alpha value is -3.42. The topological polar surface area (TPSA) is 42.6 Å². The molecule has 7 heteroatoms. The van der Waals surface area contributed by atoms with Gasteiger partial charge in [0, 0.05) is 42.7 Å². The number of hydrogen-bond acceptors (Lipinski definition) is 3. The van der Waals surface area contributed by atoms with Crippen molar-refractivity contribution in [2.45, 2.75) is 42.9 Å². The van der Waals surface area contributed by atoms with E-state index in [9.17, 15) is 9.18 Å². The summed E-state index contributed by atoms with van der Waals surface area (Å²) in [7, 11) is 2.22. The van der Waals surface area contributed by atoms with E-state index in [2.05, 4.69) is 73.9 Å². The van der Waals surface area contributed by atoms with Gasteiger partial charge in [0.1, 0.15) is 5.82 Å². The number of halogens is 1. The van der Waals surface area contributed by atoms with E-state index in [4.69, 9.17) is 0 Å². The third kappa shape index (κ3) is 7.08. The summed E-state index contributed by atoms with van der Waals surface area (Å²) in [5, 5.41) is 4.62. The van der Waals surface area contributed by atoms with Crippen LogP contribution in [0.4, 0.5) is 4.39 Å². The first-order chi connectivity index (χ1) is 19.9. The average molecular weight is 572 g/mol. The number of hydrogen-bond donors (Lipinski definition) is 1. The molecule has 214 valence electrons. The van der Waals surface area contributed by atoms with Crippen molar-refractivity contribution in [3.63, 3.8) is 0 Å². The number of aromatic nitrogens is 2. The molecule has 4 aromatic rings. The number of nitrogens with zero attached hydrogens (tertiary/aromatic N) is 3. The Morgan fingerprint density at radius 3 is 2.27 bits per heavy atom. The highest BCUT2D eigenvalue weighted by Crippen LogP contribution is 2.33. The van der Waals surface area contributed by atoms with Gasteiger partial charge in [-0.05, 0) is 61.6 Å². The molecule has 1 N–H and O–H groups in total. The van der Waals surface area contributed by atoms with Crippen molar-refractivity contribution < 1.29 is 14.1 Å². The van der Waals surface area contributed by atoms with E-state index in [0.29, 0.717) is 11.5 Å². The van der Waals surface area contributed by atoms with E-state index in [-0.39, 0.29) is 17.6 Å². The predicted molar refractivity (Wildman–Crippen MR) is 165 cm³/mol. The minimum Gasteiger partial charge on any atom is -0.338 e. The number of amides is 1. The zero-order valence-electron chi connectivity index (χ0n) is 24.2. The Bertz CT molecular complexity index is 1410. The molecule has 41 heavy (non-hydrogen) atoms. The molecule has 2 saturated heterocycles. The maximum atomic E-state index is 13.7. The number of nitrogens with one attached hydrogen (secondary N) is 1. The Morgan fingerprint density at radius 1 is 0.927 bits per heavy atom. The van der Waals surface area contributed by atoms with Crippen LogP contribution in [0.2, 0.25) is 0 Å². The largest absolute Gasteiger partial charge is 0.338 e. The Balaban J connectivity index is 0.000000321. The molecule has 3 heterocycles. The lowest BCUT2D eigenvalue weighted by Crippen LogP contribution is -3.10. The molecule has 6 rings (SSSR count). The minimum absolute atomic E-state index is 0.0677. The van der Waals surface area contributed by atoms with Crippen molar-refractivity contribution in [1.29, 1.82) is 0 Å². The number of quaternary nitrogens is 1. The zero-order chi connectivity index (χ0) is 28.8. The second kappa shape index (κ2) is 13.5. The Labute approximate surface area is 247 Å². The molecule has 0 aliphatic carbocycles. The molecule has 0 radical (unpaired) electrons. The van der Waals surface area contributed by atoms with E-state index >= 15 is 0 Å². The lowest BCUT2D eigenvalue weighted by Gasteiger charge is -2.28. The summed E-state index contributed by atoms with van der Waals surface area (Å²) in [5.41, 5.74) is 5.11. The molecule has 2 fully saturated rings. The molecule has 0 bridgehead atoms. The van der Waals surface area contributed by atoms with Crippen LogP contribution < -0.4 is 4.90 Å². The number of carbonyl (C=O) groups excluding carboxylic acids is 1. The predicted octanol–water partition coefficient (Wildman–Crippen LogP) is 5.75. The highest BCUT2D eigenvalue weighted by Gasteiger charge is 2.34. The second-order valence-corrected chi connectivity index (χ2v) is 12.1. The van der Waals surface area contributed by atoms with Crippen molar-refractivity contribution >= 4 is 17.7 Å². The van der Waals surface area contributed by atoms with Crippen LogP contribution in [0.1, 0.15) is 58.3 Å². The van der Waals surface area contributed by atoms with Gasteiger partial charge in [-0.25, -0.2) is 9.07 Å². The molecular weight excluding hydrogens is 531 g/mol. The summed E-state index contributed by atoms with van der Waals surface area (Å²) in [4.78, 5) is 18.5. The van der Waals surface area contributed by atoms with Crippen molar-refractivity contribution in [2.24, 2.45) is 0 Å². The van der Waals surface area contributed by atoms with Crippen LogP contribution in [-0.2, 0) is 0 Å². The van der Waals surface area contributed by atoms with Gasteiger partial charge < -0.3 is 9.80 Å². The van der Waals surface area contributed by atoms with Gasteiger partial charge in [-0.15, -0.1) is 11.8 Å². The zero-order valence-corrected chi connectivity index (χ0v) is 25.0. The van der Waals surface area contributed by atoms with Crippen LogP contribution in [0.15, 0.2) is 90.0 Å². The van der Waals surface area contributed by atoms with Crippen molar-refractivity contribution in [1.82, 2.24) is 14.7 Å². The molecular formula is C34H40FN4OS+. The van der Waals surface area contributed by atoms with E-state index in [1.54, 1.807) is 30.1 Å². The van der Waals surface area contributed by atoms with Crippen LogP contribution in [0.5, 0.6) is 0 Å². The summed E-state index contributed by atoms with van der Waals surface area (Å²) >= 11 is 1.78. The first-order valence-electron chi connectivity index (χ1n) is 14.5. The van der Waals surface area contributed by atoms with E-state index < -0.39 is 0 Å². The van der Waals surface area contributed by atoms with E-state index in [1.165, 1.54) is 33.1 Å². The highest BCUT2D eigenvalue weighted by molar-refractivity contribution is 7.98. The van der Waals surface area contributed by atoms with Gasteiger partial charge in [0.25, 0.3) is 5.91 Å². The van der Waals surface area contributed by atoms with Gasteiger partial charge in [-0.1, -0.05) is 48.0 Å². The molecule has 0 saturated carbocycles. The second-order valence-electron chi connectivity index (χ2n) is 11.2. The van der Waals surface area contributed by atoms with E-state index in [1.807, 2.05) is 15.6 Å². The first-order valence-corrected chi connectivity index (χ1v) is 15.8. The maximum Gasteiger partial charge on any atom is 0.257 e. The van der Waals surface area contributed by atoms with Gasteiger partial charge in [0.2, 0.25) is 0 Å². The van der Waals surface area contributed by atoms with Gasteiger partial charge in [0.05, 0.1) is 43.3 Å². The van der Waals surface area contributed by atoms with Crippen LogP contribution >= 0.6 is 11.8 Å². The number of benzene rings is 3. The standard InChI is InChI=1S/C26H29FN4O.C8H10S/c1-29-14-11-20(12-15-29)25-24(17-28-31(25)23-9-7-22(27)8-10-23)26(32)30-16-13-21(18-30)19-5-3-2-4-6-19;1-7-3-5-8(9-2)6-4-7/h2-10,17,20-21H,11-16,18H2,1H3;3-6H,1-2H3/p+1/t21-;/m0./s1. The van der Waals surface area contributed by atoms with Crippen LogP contribution in [-0.4, -0.2) is 60.1 Å². The number of aryl methyl sites for hydroxylation is 1. The van der Waals surface area contributed by atoms with Gasteiger partial charge in [-0.2, -0.15) is 5.10 Å². The maximum absolute atomic E-state index is 13.7. The van der Waals surface area contributed by atoms with Crippen LogP contribution in [0.25, 0.3) is 5.69 Å². The quantitative estimate of drug-likeness (QED) is 0.310. The Kier molecular flexibility index (Phi) is 9.57. The SMILES string of the molecule is CSc1ccc(C)cc1.C[NH+]1CCC(c2c(C(=O)N3CC[C@H](c4ccccc4)C3)cnn2-c2ccc(F)cc2)CC1. The third-order valence-electron chi connectivity index (χ3n) is 8.34. The molecule has 0 spiro atoms. The molecule has 3 aromatic carbocycles. The van der Waals surface area contributed by atoms with Crippen LogP contribution in [0, 0.1) is 12.7 Å². The van der Waals surface area contributed by atoms with Gasteiger partial charge in [0.15, 0.2) is 0 Å². The summed E-state index contributed by atoms with van der Waals surface area (Å²) < 4.78 is 15.4. The fraction of sp³-hybridized carbons (Fsp3) is 0.353. The Morgan fingerprint density at radius 2 is 1.61 bits per heavy atom. The van der Waals surface area contributed by atoms with Crippen LogP contribution in [0.3, 0.4) is 0 Å². The van der Waals surface area contributed by atoms with Crippen molar-refractivity contribution in [3.05, 3.63) is 113 Å². The molecule has 1 atom stereocenters. The van der Waals surface area contributed by atoms with Crippen molar-refractivity contribution in [2.75, 3.05) is 39.5 Å². The fourth-order valence-electron chi connectivity index (χ4n) is 5.87. The number of rotatable bonds is 5. The first kappa shape index (κ1) is 29.1. The normalized spacial score (nSPS) is 20.4. The molecule has 2 aliphatic heterocycles. The fourth-order valence-corrected chi connectivity index (χ4v) is 6.28. The van der Waals surface area contributed by atoms with Crippen molar-refractivity contribution in [3.8, 4) is 5.69 Å². The number of likely N-dealkylation sites (tertiary alicyclic amines) is 2. The molecule has 0 unspecified atom stereocenters. The summed E-state index contributed by atoms with van der Waals surface area (Å²) in [6.07, 6.45) is 6.83. The number of piperidine rings is 1. The highest BCUT2D eigenvalue weighted by atomic mass is 32.2. The van der Waals surface area contributed by atoms with Gasteiger partial charge in [-0.3, -0.25) is 4.79 Å². The number of thioether (sulfide) groups is 1. The average Bonchev–Trinajstić information content (AvgIpc) is 3.68. The molecule has 1 amide bonds. The molecule has 5 nitrogen and oxygen atoms in total. The summed E-state index contributed by atoms with van der Waals surface area (Å²) in [6, 6.07) is 25.4. The molecule has 2 aliphatic rings. The smallest absolute Gasteiger partial charge is 0.257 e. The lowest BCUT2D eigenvalue weighted by molar-refractivity contribution is -0.885. The molecule has 1 aromatic heterocycles.